The molecule has 1 aromatic carbocycles. The van der Waals surface area contributed by atoms with Gasteiger partial charge in [-0.25, -0.2) is 4.79 Å². The molecule has 0 spiro atoms. The number of esters is 1. The minimum atomic E-state index is -4.91. The number of alkyl halides is 3. The molecule has 1 atom stereocenters. The number of carbonyl (C=O) groups is 1. The molecule has 2 N–H and O–H groups in total. The lowest BCUT2D eigenvalue weighted by atomic mass is 10.1. The summed E-state index contributed by atoms with van der Waals surface area (Å²) < 4.78 is 42.7. The molecule has 0 aliphatic rings. The number of methoxy groups -OCH3 is 1. The summed E-state index contributed by atoms with van der Waals surface area (Å²) in [6, 6.07) is 2.27. The third kappa shape index (κ3) is 4.07. The number of halogens is 3. The first-order valence-corrected chi connectivity index (χ1v) is 5.89. The second-order valence-corrected chi connectivity index (χ2v) is 4.61. The fourth-order valence-corrected chi connectivity index (χ4v) is 1.60. The lowest BCUT2D eigenvalue weighted by molar-refractivity contribution is -0.388. The van der Waals surface area contributed by atoms with E-state index in [1.54, 1.807) is 0 Å². The zero-order valence-corrected chi connectivity index (χ0v) is 11.6. The van der Waals surface area contributed by atoms with Gasteiger partial charge in [-0.3, -0.25) is 10.1 Å². The molecule has 0 fully saturated rings. The van der Waals surface area contributed by atoms with Crippen molar-refractivity contribution < 1.29 is 32.7 Å². The van der Waals surface area contributed by atoms with Gasteiger partial charge < -0.3 is 15.2 Å². The van der Waals surface area contributed by atoms with Crippen LogP contribution in [0, 0.1) is 10.1 Å². The second-order valence-electron chi connectivity index (χ2n) is 4.61. The number of hydrogen-bond acceptors (Lipinski definition) is 6. The van der Waals surface area contributed by atoms with Crippen LogP contribution < -0.4 is 5.32 Å². The highest BCUT2D eigenvalue weighted by Crippen LogP contribution is 2.37. The number of rotatable bonds is 5. The fourth-order valence-electron chi connectivity index (χ4n) is 1.60. The molecule has 122 valence electrons. The molecule has 0 unspecified atom stereocenters. The Morgan fingerprint density at radius 1 is 1.45 bits per heavy atom. The molecule has 0 aliphatic carbocycles. The molecular weight excluding hydrogens is 309 g/mol. The predicted octanol–water partition coefficient (Wildman–Crippen LogP) is 1.95. The smallest absolute Gasteiger partial charge is 0.423 e. The van der Waals surface area contributed by atoms with Crippen molar-refractivity contribution in [2.45, 2.75) is 18.7 Å². The lowest BCUT2D eigenvalue weighted by Crippen LogP contribution is -2.42. The molecule has 0 amide bonds. The molecule has 10 heteroatoms. The number of anilines is 1. The van der Waals surface area contributed by atoms with Gasteiger partial charge in [0.1, 0.15) is 5.56 Å². The van der Waals surface area contributed by atoms with E-state index in [2.05, 4.69) is 10.1 Å². The Morgan fingerprint density at radius 3 is 2.50 bits per heavy atom. The summed E-state index contributed by atoms with van der Waals surface area (Å²) in [5.74, 6) is -0.974. The van der Waals surface area contributed by atoms with E-state index in [0.29, 0.717) is 12.1 Å². The summed E-state index contributed by atoms with van der Waals surface area (Å²) in [7, 11) is 1.05. The summed E-state index contributed by atoms with van der Waals surface area (Å²) in [6.07, 6.45) is -4.91. The minimum absolute atomic E-state index is 0.137. The number of nitro benzene ring substituents is 1. The van der Waals surface area contributed by atoms with Crippen molar-refractivity contribution in [1.29, 1.82) is 0 Å². The first kappa shape index (κ1) is 17.7. The zero-order valence-electron chi connectivity index (χ0n) is 11.6. The maximum absolute atomic E-state index is 12.8. The number of carbonyl (C=O) groups excluding carboxylic acids is 1. The number of benzene rings is 1. The first-order chi connectivity index (χ1) is 9.99. The van der Waals surface area contributed by atoms with Gasteiger partial charge in [0.05, 0.1) is 18.6 Å². The molecule has 0 aliphatic heterocycles. The average molecular weight is 322 g/mol. The minimum Gasteiger partial charge on any atom is -0.467 e. The van der Waals surface area contributed by atoms with Crippen LogP contribution >= 0.6 is 0 Å². The Labute approximate surface area is 122 Å². The Morgan fingerprint density at radius 2 is 2.05 bits per heavy atom. The number of ether oxygens (including phenoxy) is 1. The van der Waals surface area contributed by atoms with Gasteiger partial charge >= 0.3 is 12.1 Å². The third-order valence-electron chi connectivity index (χ3n) is 2.76. The van der Waals surface area contributed by atoms with Gasteiger partial charge in [0, 0.05) is 11.8 Å². The number of nitrogens with zero attached hydrogens (tertiary/aromatic N) is 1. The van der Waals surface area contributed by atoms with Crippen LogP contribution in [0.2, 0.25) is 0 Å². The van der Waals surface area contributed by atoms with Crippen molar-refractivity contribution in [3.63, 3.8) is 0 Å². The van der Waals surface area contributed by atoms with E-state index in [0.717, 1.165) is 20.1 Å². The maximum Gasteiger partial charge on any atom is 0.423 e. The van der Waals surface area contributed by atoms with Gasteiger partial charge in [0.2, 0.25) is 0 Å². The van der Waals surface area contributed by atoms with Gasteiger partial charge in [-0.2, -0.15) is 13.2 Å². The van der Waals surface area contributed by atoms with E-state index in [-0.39, 0.29) is 5.69 Å². The van der Waals surface area contributed by atoms with Crippen LogP contribution in [0.5, 0.6) is 0 Å². The van der Waals surface area contributed by atoms with Crippen LogP contribution in [0.4, 0.5) is 24.5 Å². The number of hydrogen-bond donors (Lipinski definition) is 2. The van der Waals surface area contributed by atoms with Crippen molar-refractivity contribution in [3.8, 4) is 0 Å². The van der Waals surface area contributed by atoms with Crippen LogP contribution in [0.25, 0.3) is 0 Å². The Balaban J connectivity index is 3.04. The normalized spacial score (nSPS) is 14.1. The van der Waals surface area contributed by atoms with E-state index in [4.69, 9.17) is 0 Å². The van der Waals surface area contributed by atoms with Crippen molar-refractivity contribution in [2.24, 2.45) is 0 Å². The van der Waals surface area contributed by atoms with Crippen molar-refractivity contribution in [2.75, 3.05) is 19.0 Å². The Bertz CT molecular complexity index is 587. The largest absolute Gasteiger partial charge is 0.467 e. The molecule has 0 bridgehead atoms. The van der Waals surface area contributed by atoms with Crippen LogP contribution in [0.15, 0.2) is 18.2 Å². The summed E-state index contributed by atoms with van der Waals surface area (Å²) in [5, 5.41) is 22.8. The highest BCUT2D eigenvalue weighted by molar-refractivity contribution is 5.79. The summed E-state index contributed by atoms with van der Waals surface area (Å²) in [6.45, 7) is 0.677. The zero-order chi connectivity index (χ0) is 17.1. The second kappa shape index (κ2) is 6.18. The van der Waals surface area contributed by atoms with Crippen molar-refractivity contribution >= 4 is 17.3 Å². The van der Waals surface area contributed by atoms with Crippen molar-refractivity contribution in [1.82, 2.24) is 0 Å². The van der Waals surface area contributed by atoms with E-state index < -0.39 is 40.5 Å². The molecule has 0 saturated carbocycles. The SMILES string of the molecule is COC(=O)[C@@](C)(O)CNc1ccc([N+](=O)[O-])c(C(F)(F)F)c1. The summed E-state index contributed by atoms with van der Waals surface area (Å²) >= 11 is 0. The molecule has 0 radical (unpaired) electrons. The van der Waals surface area contributed by atoms with Gasteiger partial charge in [-0.1, -0.05) is 0 Å². The molecule has 22 heavy (non-hydrogen) atoms. The monoisotopic (exact) mass is 322 g/mol. The molecule has 1 rings (SSSR count). The molecular formula is C12H13F3N2O5. The first-order valence-electron chi connectivity index (χ1n) is 5.89. The number of nitrogens with one attached hydrogen (secondary N) is 1. The molecule has 0 aromatic heterocycles. The van der Waals surface area contributed by atoms with Crippen molar-refractivity contribution in [3.05, 3.63) is 33.9 Å². The van der Waals surface area contributed by atoms with Gasteiger partial charge in [0.15, 0.2) is 5.60 Å². The molecule has 0 heterocycles. The number of aliphatic hydroxyl groups is 1. The third-order valence-corrected chi connectivity index (χ3v) is 2.76. The highest BCUT2D eigenvalue weighted by Gasteiger charge is 2.38. The summed E-state index contributed by atoms with van der Waals surface area (Å²) in [5.41, 5.74) is -4.62. The summed E-state index contributed by atoms with van der Waals surface area (Å²) in [4.78, 5) is 20.7. The molecule has 1 aromatic rings. The van der Waals surface area contributed by atoms with Gasteiger partial charge in [-0.05, 0) is 19.1 Å². The highest BCUT2D eigenvalue weighted by atomic mass is 19.4. The molecule has 7 nitrogen and oxygen atoms in total. The van der Waals surface area contributed by atoms with Gasteiger partial charge in [0.25, 0.3) is 5.69 Å². The van der Waals surface area contributed by atoms with E-state index in [1.165, 1.54) is 0 Å². The molecule has 0 saturated heterocycles. The van der Waals surface area contributed by atoms with Crippen LogP contribution in [0.1, 0.15) is 12.5 Å². The van der Waals surface area contributed by atoms with Gasteiger partial charge in [-0.15, -0.1) is 0 Å². The Kier molecular flexibility index (Phi) is 4.97. The average Bonchev–Trinajstić information content (AvgIpc) is 2.42. The standard InChI is InChI=1S/C12H13F3N2O5/c1-11(19,10(18)22-2)6-16-7-3-4-9(17(20)21)8(5-7)12(13,14)15/h3-5,16,19H,6H2,1-2H3/t11-/m0/s1. The topological polar surface area (TPSA) is 102 Å². The van der Waals surface area contributed by atoms with Crippen LogP contribution in [-0.4, -0.2) is 35.3 Å². The van der Waals surface area contributed by atoms with E-state index in [9.17, 15) is 33.2 Å². The Hall–Kier alpha value is -2.36. The van der Waals surface area contributed by atoms with E-state index in [1.807, 2.05) is 0 Å². The fraction of sp³-hybridized carbons (Fsp3) is 0.417. The maximum atomic E-state index is 12.8. The van der Waals surface area contributed by atoms with Crippen LogP contribution in [-0.2, 0) is 15.7 Å². The van der Waals surface area contributed by atoms with E-state index >= 15 is 0 Å². The predicted molar refractivity (Wildman–Crippen MR) is 69.2 cm³/mol. The lowest BCUT2D eigenvalue weighted by Gasteiger charge is -2.21. The number of nitro groups is 1. The van der Waals surface area contributed by atoms with Crippen LogP contribution in [0.3, 0.4) is 0 Å². The quantitative estimate of drug-likeness (QED) is 0.488.